The molecule has 0 bridgehead atoms. The van der Waals surface area contributed by atoms with Gasteiger partial charge in [-0.25, -0.2) is 9.97 Å². The number of nitrogens with zero attached hydrogens (tertiary/aromatic N) is 5. The zero-order valence-corrected chi connectivity index (χ0v) is 12.3. The summed E-state index contributed by atoms with van der Waals surface area (Å²) >= 11 is 0. The minimum Gasteiger partial charge on any atom is -0.353 e. The van der Waals surface area contributed by atoms with Crippen molar-refractivity contribution in [3.63, 3.8) is 0 Å². The van der Waals surface area contributed by atoms with Gasteiger partial charge in [0.15, 0.2) is 0 Å². The molecule has 1 saturated heterocycles. The predicted octanol–water partition coefficient (Wildman–Crippen LogP) is 2.35. The van der Waals surface area contributed by atoms with E-state index in [9.17, 15) is 0 Å². The van der Waals surface area contributed by atoms with Crippen molar-refractivity contribution >= 4 is 22.5 Å². The molecule has 110 valence electrons. The summed E-state index contributed by atoms with van der Waals surface area (Å²) in [5.74, 6) is 2.01. The van der Waals surface area contributed by atoms with Gasteiger partial charge in [0.2, 0.25) is 0 Å². The van der Waals surface area contributed by atoms with Crippen molar-refractivity contribution in [3.8, 4) is 0 Å². The van der Waals surface area contributed by atoms with Crippen molar-refractivity contribution in [2.45, 2.75) is 0 Å². The Labute approximate surface area is 129 Å². The smallest absolute Gasteiger partial charge is 0.147 e. The number of pyridine rings is 1. The van der Waals surface area contributed by atoms with Crippen LogP contribution in [0.25, 0.3) is 10.9 Å². The summed E-state index contributed by atoms with van der Waals surface area (Å²) in [4.78, 5) is 17.9. The second kappa shape index (κ2) is 5.60. The SMILES string of the molecule is c1ccc2nc(N3CCN(c4cnccn4)CC3)ccc2c1. The molecular formula is C17H17N5. The summed E-state index contributed by atoms with van der Waals surface area (Å²) in [5, 5.41) is 1.18. The summed E-state index contributed by atoms with van der Waals surface area (Å²) in [6.45, 7) is 3.77. The van der Waals surface area contributed by atoms with Crippen LogP contribution in [0.3, 0.4) is 0 Å². The van der Waals surface area contributed by atoms with Crippen LogP contribution < -0.4 is 9.80 Å². The van der Waals surface area contributed by atoms with E-state index in [-0.39, 0.29) is 0 Å². The van der Waals surface area contributed by atoms with Gasteiger partial charge in [-0.2, -0.15) is 0 Å². The Morgan fingerprint density at radius 1 is 0.773 bits per heavy atom. The van der Waals surface area contributed by atoms with Crippen molar-refractivity contribution in [1.82, 2.24) is 15.0 Å². The molecule has 1 aliphatic rings. The van der Waals surface area contributed by atoms with E-state index >= 15 is 0 Å². The van der Waals surface area contributed by atoms with Gasteiger partial charge in [0.1, 0.15) is 11.6 Å². The van der Waals surface area contributed by atoms with Crippen LogP contribution in [0, 0.1) is 0 Å². The maximum Gasteiger partial charge on any atom is 0.147 e. The lowest BCUT2D eigenvalue weighted by molar-refractivity contribution is 0.641. The predicted molar refractivity (Wildman–Crippen MR) is 88.2 cm³/mol. The first kappa shape index (κ1) is 13.0. The molecule has 22 heavy (non-hydrogen) atoms. The number of benzene rings is 1. The van der Waals surface area contributed by atoms with E-state index in [4.69, 9.17) is 4.98 Å². The highest BCUT2D eigenvalue weighted by Gasteiger charge is 2.19. The Bertz CT molecular complexity index is 766. The van der Waals surface area contributed by atoms with Gasteiger partial charge < -0.3 is 9.80 Å². The molecule has 5 heteroatoms. The largest absolute Gasteiger partial charge is 0.353 e. The van der Waals surface area contributed by atoms with Crippen molar-refractivity contribution in [2.75, 3.05) is 36.0 Å². The van der Waals surface area contributed by atoms with E-state index in [0.29, 0.717) is 0 Å². The number of hydrogen-bond acceptors (Lipinski definition) is 5. The molecule has 0 spiro atoms. The molecule has 0 radical (unpaired) electrons. The molecular weight excluding hydrogens is 274 g/mol. The van der Waals surface area contributed by atoms with Crippen molar-refractivity contribution < 1.29 is 0 Å². The first-order valence-corrected chi connectivity index (χ1v) is 7.52. The summed E-state index contributed by atoms with van der Waals surface area (Å²) < 4.78 is 0. The van der Waals surface area contributed by atoms with E-state index < -0.39 is 0 Å². The molecule has 0 N–H and O–H groups in total. The molecule has 3 heterocycles. The fourth-order valence-corrected chi connectivity index (χ4v) is 2.85. The Morgan fingerprint density at radius 3 is 2.32 bits per heavy atom. The molecule has 2 aromatic heterocycles. The number of rotatable bonds is 2. The van der Waals surface area contributed by atoms with Gasteiger partial charge in [0.25, 0.3) is 0 Å². The molecule has 5 nitrogen and oxygen atoms in total. The number of fused-ring (bicyclic) bond motifs is 1. The summed E-state index contributed by atoms with van der Waals surface area (Å²) in [6, 6.07) is 12.5. The van der Waals surface area contributed by atoms with Gasteiger partial charge in [-0.1, -0.05) is 18.2 Å². The van der Waals surface area contributed by atoms with Gasteiger partial charge in [0, 0.05) is 44.0 Å². The van der Waals surface area contributed by atoms with Gasteiger partial charge in [-0.05, 0) is 18.2 Å². The normalized spacial score (nSPS) is 15.3. The molecule has 0 amide bonds. The third-order valence-corrected chi connectivity index (χ3v) is 4.06. The van der Waals surface area contributed by atoms with Crippen molar-refractivity contribution in [1.29, 1.82) is 0 Å². The first-order valence-electron chi connectivity index (χ1n) is 7.52. The average molecular weight is 291 g/mol. The highest BCUT2D eigenvalue weighted by atomic mass is 15.3. The maximum absolute atomic E-state index is 4.78. The van der Waals surface area contributed by atoms with Crippen LogP contribution in [-0.4, -0.2) is 41.1 Å². The van der Waals surface area contributed by atoms with Crippen LogP contribution in [0.1, 0.15) is 0 Å². The van der Waals surface area contributed by atoms with Crippen molar-refractivity contribution in [2.24, 2.45) is 0 Å². The van der Waals surface area contributed by atoms with Crippen LogP contribution in [-0.2, 0) is 0 Å². The number of para-hydroxylation sites is 1. The monoisotopic (exact) mass is 291 g/mol. The molecule has 0 aliphatic carbocycles. The Hall–Kier alpha value is -2.69. The zero-order chi connectivity index (χ0) is 14.8. The van der Waals surface area contributed by atoms with E-state index in [1.807, 2.05) is 18.3 Å². The number of hydrogen-bond donors (Lipinski definition) is 0. The fourth-order valence-electron chi connectivity index (χ4n) is 2.85. The Balaban J connectivity index is 1.50. The summed E-state index contributed by atoms with van der Waals surface area (Å²) in [5.41, 5.74) is 1.05. The topological polar surface area (TPSA) is 45.2 Å². The van der Waals surface area contributed by atoms with Crippen LogP contribution in [0.5, 0.6) is 0 Å². The second-order valence-electron chi connectivity index (χ2n) is 5.40. The van der Waals surface area contributed by atoms with Crippen LogP contribution in [0.4, 0.5) is 11.6 Å². The quantitative estimate of drug-likeness (QED) is 0.725. The molecule has 0 saturated carbocycles. The Kier molecular flexibility index (Phi) is 3.31. The number of anilines is 2. The third-order valence-electron chi connectivity index (χ3n) is 4.06. The van der Waals surface area contributed by atoms with E-state index in [2.05, 4.69) is 44.0 Å². The van der Waals surface area contributed by atoms with Gasteiger partial charge in [0.05, 0.1) is 11.7 Å². The highest BCUT2D eigenvalue weighted by Crippen LogP contribution is 2.20. The van der Waals surface area contributed by atoms with Gasteiger partial charge in [-0.15, -0.1) is 0 Å². The van der Waals surface area contributed by atoms with Gasteiger partial charge >= 0.3 is 0 Å². The molecule has 3 aromatic rings. The van der Waals surface area contributed by atoms with E-state index in [1.54, 1.807) is 12.4 Å². The minimum atomic E-state index is 0.938. The second-order valence-corrected chi connectivity index (χ2v) is 5.40. The van der Waals surface area contributed by atoms with Gasteiger partial charge in [-0.3, -0.25) is 4.98 Å². The van der Waals surface area contributed by atoms with Crippen molar-refractivity contribution in [3.05, 3.63) is 55.0 Å². The lowest BCUT2D eigenvalue weighted by Crippen LogP contribution is -2.47. The zero-order valence-electron chi connectivity index (χ0n) is 12.3. The molecule has 0 unspecified atom stereocenters. The fraction of sp³-hybridized carbons (Fsp3) is 0.235. The lowest BCUT2D eigenvalue weighted by Gasteiger charge is -2.35. The van der Waals surface area contributed by atoms with Crippen LogP contribution in [0.15, 0.2) is 55.0 Å². The number of aromatic nitrogens is 3. The first-order chi connectivity index (χ1) is 10.9. The molecule has 1 fully saturated rings. The maximum atomic E-state index is 4.78. The summed E-state index contributed by atoms with van der Waals surface area (Å²) in [7, 11) is 0. The highest BCUT2D eigenvalue weighted by molar-refractivity contribution is 5.80. The van der Waals surface area contributed by atoms with Crippen LogP contribution >= 0.6 is 0 Å². The minimum absolute atomic E-state index is 0.938. The molecule has 1 aromatic carbocycles. The molecule has 4 rings (SSSR count). The molecule has 0 atom stereocenters. The van der Waals surface area contributed by atoms with E-state index in [0.717, 1.165) is 43.3 Å². The summed E-state index contributed by atoms with van der Waals surface area (Å²) in [6.07, 6.45) is 5.27. The lowest BCUT2D eigenvalue weighted by atomic mass is 10.2. The van der Waals surface area contributed by atoms with Crippen LogP contribution in [0.2, 0.25) is 0 Å². The average Bonchev–Trinajstić information content (AvgIpc) is 2.62. The Morgan fingerprint density at radius 2 is 1.55 bits per heavy atom. The number of piperazine rings is 1. The van der Waals surface area contributed by atoms with E-state index in [1.165, 1.54) is 5.39 Å². The molecule has 1 aliphatic heterocycles. The standard InChI is InChI=1S/C17H17N5/c1-2-4-15-14(3-1)5-6-16(20-15)21-9-11-22(12-10-21)17-13-18-7-8-19-17/h1-8,13H,9-12H2. The third kappa shape index (κ3) is 2.45.